The van der Waals surface area contributed by atoms with E-state index in [0.29, 0.717) is 17.1 Å². The predicted molar refractivity (Wildman–Crippen MR) is 209 cm³/mol. The van der Waals surface area contributed by atoms with Crippen molar-refractivity contribution in [3.63, 3.8) is 0 Å². The van der Waals surface area contributed by atoms with Gasteiger partial charge in [-0.15, -0.1) is 0 Å². The largest absolute Gasteiger partial charge is 0.456 e. The molecule has 5 heterocycles. The van der Waals surface area contributed by atoms with E-state index < -0.39 is 0 Å². The smallest absolute Gasteiger partial charge is 0.180 e. The zero-order chi connectivity index (χ0) is 33.9. The van der Waals surface area contributed by atoms with Crippen LogP contribution < -0.4 is 0 Å². The number of fused-ring (bicyclic) bond motifs is 12. The van der Waals surface area contributed by atoms with E-state index in [1.54, 1.807) is 0 Å². The van der Waals surface area contributed by atoms with Crippen LogP contribution in [0.25, 0.3) is 116 Å². The van der Waals surface area contributed by atoms with Gasteiger partial charge in [0, 0.05) is 60.6 Å². The number of hydrogen-bond donors (Lipinski definition) is 0. The molecule has 6 heteroatoms. The number of furan rings is 3. The van der Waals surface area contributed by atoms with Gasteiger partial charge in [0.05, 0.1) is 11.0 Å². The van der Waals surface area contributed by atoms with Crippen LogP contribution in [-0.4, -0.2) is 14.5 Å². The Balaban J connectivity index is 1.24. The van der Waals surface area contributed by atoms with Crippen LogP contribution in [0.4, 0.5) is 0 Å². The van der Waals surface area contributed by atoms with Gasteiger partial charge < -0.3 is 17.8 Å². The summed E-state index contributed by atoms with van der Waals surface area (Å²) in [5, 5.41) is 7.23. The van der Waals surface area contributed by atoms with E-state index in [1.807, 2.05) is 66.7 Å². The second kappa shape index (κ2) is 10.2. The summed E-state index contributed by atoms with van der Waals surface area (Å²) < 4.78 is 21.9. The van der Waals surface area contributed by atoms with Gasteiger partial charge in [-0.1, -0.05) is 97.1 Å². The lowest BCUT2D eigenvalue weighted by Crippen LogP contribution is -1.95. The standard InChI is InChI=1S/C46H25N3O3/c1-2-12-26(13-3-1)49-34-19-7-4-14-27(34)32-24-33-40(25-35(32)49)52-45-43(30-17-10-22-38-41(30)28-15-5-8-20-36(28)50-38)47-46(48-44(33)45)31-18-11-23-39-42(31)29-16-6-9-21-37(29)51-39/h1-25H. The quantitative estimate of drug-likeness (QED) is 0.188. The Morgan fingerprint density at radius 1 is 0.404 bits per heavy atom. The van der Waals surface area contributed by atoms with Crippen LogP contribution in [0.3, 0.4) is 0 Å². The highest BCUT2D eigenvalue weighted by atomic mass is 16.3. The molecule has 0 saturated heterocycles. The third-order valence-electron chi connectivity index (χ3n) is 10.4. The molecule has 5 aromatic heterocycles. The zero-order valence-corrected chi connectivity index (χ0v) is 27.5. The third kappa shape index (κ3) is 3.72. The molecule has 0 fully saturated rings. The minimum absolute atomic E-state index is 0.596. The Labute approximate surface area is 294 Å². The summed E-state index contributed by atoms with van der Waals surface area (Å²) in [4.78, 5) is 10.8. The second-order valence-corrected chi connectivity index (χ2v) is 13.3. The number of benzene rings is 7. The van der Waals surface area contributed by atoms with Crippen LogP contribution in [0.5, 0.6) is 0 Å². The maximum absolute atomic E-state index is 6.92. The van der Waals surface area contributed by atoms with Gasteiger partial charge in [-0.05, 0) is 48.5 Å². The van der Waals surface area contributed by atoms with Crippen LogP contribution >= 0.6 is 0 Å². The highest BCUT2D eigenvalue weighted by Crippen LogP contribution is 2.44. The maximum atomic E-state index is 6.92. The van der Waals surface area contributed by atoms with Gasteiger partial charge in [-0.25, -0.2) is 9.97 Å². The molecule has 0 atom stereocenters. The van der Waals surface area contributed by atoms with Crippen LogP contribution in [0.15, 0.2) is 165 Å². The molecule has 0 aliphatic heterocycles. The lowest BCUT2D eigenvalue weighted by molar-refractivity contribution is 0.667. The Hall–Kier alpha value is -7.18. The average Bonchev–Trinajstić information content (AvgIpc) is 3.95. The SMILES string of the molecule is c1ccc(-n2c3ccccc3c3cc4c(cc32)oc2c(-c3cccc5oc6ccccc6c35)nc(-c3cccc5oc6ccccc6c35)nc24)cc1. The van der Waals surface area contributed by atoms with E-state index in [9.17, 15) is 0 Å². The van der Waals surface area contributed by atoms with E-state index >= 15 is 0 Å². The molecule has 52 heavy (non-hydrogen) atoms. The predicted octanol–water partition coefficient (Wildman–Crippen LogP) is 12.6. The van der Waals surface area contributed by atoms with E-state index in [4.69, 9.17) is 23.2 Å². The van der Waals surface area contributed by atoms with E-state index in [0.717, 1.165) is 99.0 Å². The van der Waals surface area contributed by atoms with Crippen LogP contribution in [0, 0.1) is 0 Å². The molecular formula is C46H25N3O3. The maximum Gasteiger partial charge on any atom is 0.180 e. The molecule has 0 aliphatic rings. The molecule has 0 amide bonds. The van der Waals surface area contributed by atoms with Crippen molar-refractivity contribution in [2.45, 2.75) is 0 Å². The van der Waals surface area contributed by atoms with E-state index in [2.05, 4.69) is 89.5 Å². The van der Waals surface area contributed by atoms with Crippen LogP contribution in [0.2, 0.25) is 0 Å². The molecule has 242 valence electrons. The van der Waals surface area contributed by atoms with Crippen molar-refractivity contribution in [3.05, 3.63) is 152 Å². The lowest BCUT2D eigenvalue weighted by atomic mass is 10.0. The van der Waals surface area contributed by atoms with Crippen molar-refractivity contribution in [2.24, 2.45) is 0 Å². The molecule has 0 N–H and O–H groups in total. The van der Waals surface area contributed by atoms with Crippen LogP contribution in [0.1, 0.15) is 0 Å². The topological polar surface area (TPSA) is 70.1 Å². The first-order chi connectivity index (χ1) is 25.8. The van der Waals surface area contributed by atoms with Gasteiger partial charge in [0.2, 0.25) is 0 Å². The first-order valence-corrected chi connectivity index (χ1v) is 17.3. The average molecular weight is 668 g/mol. The van der Waals surface area contributed by atoms with Crippen molar-refractivity contribution in [3.8, 4) is 28.3 Å². The second-order valence-electron chi connectivity index (χ2n) is 13.3. The lowest BCUT2D eigenvalue weighted by Gasteiger charge is -2.08. The van der Waals surface area contributed by atoms with Gasteiger partial charge in [-0.3, -0.25) is 0 Å². The van der Waals surface area contributed by atoms with E-state index in [1.165, 1.54) is 0 Å². The first-order valence-electron chi connectivity index (χ1n) is 17.3. The van der Waals surface area contributed by atoms with Gasteiger partial charge in [-0.2, -0.15) is 0 Å². The summed E-state index contributed by atoms with van der Waals surface area (Å²) in [7, 11) is 0. The zero-order valence-electron chi connectivity index (χ0n) is 27.5. The molecule has 0 bridgehead atoms. The molecule has 12 rings (SSSR count). The highest BCUT2D eigenvalue weighted by Gasteiger charge is 2.24. The summed E-state index contributed by atoms with van der Waals surface area (Å²) in [6.45, 7) is 0. The minimum Gasteiger partial charge on any atom is -0.456 e. The van der Waals surface area contributed by atoms with E-state index in [-0.39, 0.29) is 0 Å². The summed E-state index contributed by atoms with van der Waals surface area (Å²) >= 11 is 0. The molecule has 6 nitrogen and oxygen atoms in total. The molecule has 0 aliphatic carbocycles. The minimum atomic E-state index is 0.596. The van der Waals surface area contributed by atoms with Crippen molar-refractivity contribution >= 4 is 87.8 Å². The summed E-state index contributed by atoms with van der Waals surface area (Å²) in [6, 6.07) is 51.9. The molecule has 0 radical (unpaired) electrons. The number of para-hydroxylation sites is 4. The monoisotopic (exact) mass is 667 g/mol. The van der Waals surface area contributed by atoms with Crippen molar-refractivity contribution in [1.82, 2.24) is 14.5 Å². The number of aromatic nitrogens is 3. The fourth-order valence-electron chi connectivity index (χ4n) is 8.20. The Morgan fingerprint density at radius 2 is 1.02 bits per heavy atom. The Bertz CT molecular complexity index is 3420. The van der Waals surface area contributed by atoms with Crippen molar-refractivity contribution in [2.75, 3.05) is 0 Å². The molecular weight excluding hydrogens is 643 g/mol. The molecule has 12 aromatic rings. The summed E-state index contributed by atoms with van der Waals surface area (Å²) in [6.07, 6.45) is 0. The van der Waals surface area contributed by atoms with Gasteiger partial charge in [0.15, 0.2) is 11.4 Å². The Morgan fingerprint density at radius 3 is 1.77 bits per heavy atom. The molecule has 7 aromatic carbocycles. The molecule has 0 saturated carbocycles. The number of rotatable bonds is 3. The fourth-order valence-corrected chi connectivity index (χ4v) is 8.20. The fraction of sp³-hybridized carbons (Fsp3) is 0. The van der Waals surface area contributed by atoms with Gasteiger partial charge in [0.25, 0.3) is 0 Å². The number of hydrogen-bond acceptors (Lipinski definition) is 5. The summed E-state index contributed by atoms with van der Waals surface area (Å²) in [5.74, 6) is 0.596. The van der Waals surface area contributed by atoms with Gasteiger partial charge in [0.1, 0.15) is 39.1 Å². The van der Waals surface area contributed by atoms with Crippen molar-refractivity contribution in [1.29, 1.82) is 0 Å². The van der Waals surface area contributed by atoms with Crippen molar-refractivity contribution < 1.29 is 13.3 Å². The highest BCUT2D eigenvalue weighted by molar-refractivity contribution is 6.20. The molecule has 0 spiro atoms. The molecule has 0 unspecified atom stereocenters. The normalized spacial score (nSPS) is 12.2. The third-order valence-corrected chi connectivity index (χ3v) is 10.4. The number of nitrogens with zero attached hydrogens (tertiary/aromatic N) is 3. The Kier molecular flexibility index (Phi) is 5.41. The van der Waals surface area contributed by atoms with Crippen LogP contribution in [-0.2, 0) is 0 Å². The van der Waals surface area contributed by atoms with Gasteiger partial charge >= 0.3 is 0 Å². The first kappa shape index (κ1) is 27.6. The summed E-state index contributed by atoms with van der Waals surface area (Å²) in [5.41, 5.74) is 11.2.